The summed E-state index contributed by atoms with van der Waals surface area (Å²) in [5.41, 5.74) is 0. The van der Waals surface area contributed by atoms with Crippen LogP contribution in [0.25, 0.3) is 0 Å². The summed E-state index contributed by atoms with van der Waals surface area (Å²) in [4.78, 5) is 2.56. The second kappa shape index (κ2) is 4.86. The molecule has 82 valence electrons. The highest BCUT2D eigenvalue weighted by Gasteiger charge is 2.38. The molecule has 3 heteroatoms. The molecule has 14 heavy (non-hydrogen) atoms. The van der Waals surface area contributed by atoms with Crippen molar-refractivity contribution < 1.29 is 0 Å². The van der Waals surface area contributed by atoms with Gasteiger partial charge in [-0.25, -0.2) is 0 Å². The lowest BCUT2D eigenvalue weighted by Crippen LogP contribution is -2.53. The van der Waals surface area contributed by atoms with Gasteiger partial charge in [-0.05, 0) is 32.4 Å². The second-order valence-electron chi connectivity index (χ2n) is 4.54. The van der Waals surface area contributed by atoms with Crippen LogP contribution in [0.4, 0.5) is 0 Å². The molecule has 1 heterocycles. The van der Waals surface area contributed by atoms with Gasteiger partial charge in [-0.1, -0.05) is 6.92 Å². The summed E-state index contributed by atoms with van der Waals surface area (Å²) in [5.74, 6) is 3.61. The average Bonchev–Trinajstić information content (AvgIpc) is 2.99. The first kappa shape index (κ1) is 10.8. The zero-order chi connectivity index (χ0) is 9.97. The van der Waals surface area contributed by atoms with E-state index in [1.807, 2.05) is 0 Å². The van der Waals surface area contributed by atoms with Crippen LogP contribution in [0.1, 0.15) is 19.8 Å². The van der Waals surface area contributed by atoms with Crippen molar-refractivity contribution >= 4 is 11.8 Å². The topological polar surface area (TPSA) is 15.3 Å². The predicted molar refractivity (Wildman–Crippen MR) is 63.9 cm³/mol. The van der Waals surface area contributed by atoms with Crippen molar-refractivity contribution in [3.63, 3.8) is 0 Å². The van der Waals surface area contributed by atoms with E-state index >= 15 is 0 Å². The third kappa shape index (κ3) is 2.44. The lowest BCUT2D eigenvalue weighted by molar-refractivity contribution is 0.202. The number of rotatable bonds is 4. The van der Waals surface area contributed by atoms with Crippen LogP contribution < -0.4 is 5.32 Å². The number of hydrogen-bond acceptors (Lipinski definition) is 3. The summed E-state index contributed by atoms with van der Waals surface area (Å²) >= 11 is 2.12. The molecule has 1 aliphatic heterocycles. The maximum absolute atomic E-state index is 3.69. The molecule has 2 nitrogen and oxygen atoms in total. The molecule has 1 saturated carbocycles. The zero-order valence-corrected chi connectivity index (χ0v) is 10.1. The fourth-order valence-corrected chi connectivity index (χ4v) is 3.68. The van der Waals surface area contributed by atoms with Gasteiger partial charge in [0.05, 0.1) is 0 Å². The summed E-state index contributed by atoms with van der Waals surface area (Å²) in [6.07, 6.45) is 2.90. The molecule has 0 amide bonds. The van der Waals surface area contributed by atoms with Crippen LogP contribution >= 0.6 is 11.8 Å². The van der Waals surface area contributed by atoms with Gasteiger partial charge in [0.15, 0.2) is 0 Å². The molecule has 2 unspecified atom stereocenters. The van der Waals surface area contributed by atoms with Gasteiger partial charge >= 0.3 is 0 Å². The Labute approximate surface area is 91.8 Å². The van der Waals surface area contributed by atoms with E-state index in [9.17, 15) is 0 Å². The van der Waals surface area contributed by atoms with Gasteiger partial charge in [0.1, 0.15) is 0 Å². The summed E-state index contributed by atoms with van der Waals surface area (Å²) in [6.45, 7) is 4.62. The van der Waals surface area contributed by atoms with Gasteiger partial charge in [0.25, 0.3) is 0 Å². The molecule has 2 rings (SSSR count). The first-order chi connectivity index (χ1) is 6.83. The lowest BCUT2D eigenvalue weighted by atomic mass is 10.0. The van der Waals surface area contributed by atoms with E-state index in [1.54, 1.807) is 0 Å². The normalized spacial score (nSPS) is 31.7. The van der Waals surface area contributed by atoms with Gasteiger partial charge in [0.2, 0.25) is 0 Å². The smallest absolute Gasteiger partial charge is 0.0339 e. The van der Waals surface area contributed by atoms with Crippen molar-refractivity contribution in [1.82, 2.24) is 10.2 Å². The van der Waals surface area contributed by atoms with Gasteiger partial charge in [-0.15, -0.1) is 0 Å². The zero-order valence-electron chi connectivity index (χ0n) is 9.33. The molecule has 0 bridgehead atoms. The largest absolute Gasteiger partial charge is 0.312 e. The SMILES string of the molecule is CCNC(C1CC1)C1CSCCN1C. The van der Waals surface area contributed by atoms with Crippen molar-refractivity contribution in [2.75, 3.05) is 31.6 Å². The highest BCUT2D eigenvalue weighted by Crippen LogP contribution is 2.36. The molecule has 0 spiro atoms. The Morgan fingerprint density at radius 3 is 2.86 bits per heavy atom. The Morgan fingerprint density at radius 1 is 1.50 bits per heavy atom. The molecule has 0 aromatic rings. The minimum atomic E-state index is 0.762. The van der Waals surface area contributed by atoms with E-state index in [2.05, 4.69) is 35.9 Å². The van der Waals surface area contributed by atoms with Crippen LogP contribution in [0.15, 0.2) is 0 Å². The van der Waals surface area contributed by atoms with Crippen LogP contribution in [0.2, 0.25) is 0 Å². The summed E-state index contributed by atoms with van der Waals surface area (Å²) in [7, 11) is 2.29. The molecule has 0 aromatic heterocycles. The van der Waals surface area contributed by atoms with E-state index < -0.39 is 0 Å². The van der Waals surface area contributed by atoms with Gasteiger partial charge in [-0.2, -0.15) is 11.8 Å². The van der Waals surface area contributed by atoms with E-state index in [0.29, 0.717) is 0 Å². The Bertz CT molecular complexity index is 180. The maximum Gasteiger partial charge on any atom is 0.0339 e. The van der Waals surface area contributed by atoms with Crippen LogP contribution in [-0.4, -0.2) is 48.6 Å². The number of nitrogens with one attached hydrogen (secondary N) is 1. The van der Waals surface area contributed by atoms with E-state index in [1.165, 1.54) is 30.9 Å². The first-order valence-corrected chi connectivity index (χ1v) is 6.99. The van der Waals surface area contributed by atoms with Crippen molar-refractivity contribution in [3.8, 4) is 0 Å². The number of nitrogens with zero attached hydrogens (tertiary/aromatic N) is 1. The van der Waals surface area contributed by atoms with Gasteiger partial charge in [0, 0.05) is 30.1 Å². The number of hydrogen-bond donors (Lipinski definition) is 1. The maximum atomic E-state index is 3.69. The fraction of sp³-hybridized carbons (Fsp3) is 1.00. The average molecular weight is 214 g/mol. The van der Waals surface area contributed by atoms with Crippen LogP contribution in [-0.2, 0) is 0 Å². The molecule has 0 radical (unpaired) electrons. The highest BCUT2D eigenvalue weighted by molar-refractivity contribution is 7.99. The van der Waals surface area contributed by atoms with E-state index in [0.717, 1.165) is 24.5 Å². The Hall–Kier alpha value is 0.270. The minimum absolute atomic E-state index is 0.762. The molecular weight excluding hydrogens is 192 g/mol. The van der Waals surface area contributed by atoms with Crippen molar-refractivity contribution in [3.05, 3.63) is 0 Å². The Balaban J connectivity index is 1.93. The predicted octanol–water partition coefficient (Wildman–Crippen LogP) is 1.42. The molecule has 2 fully saturated rings. The second-order valence-corrected chi connectivity index (χ2v) is 5.69. The van der Waals surface area contributed by atoms with E-state index in [4.69, 9.17) is 0 Å². The monoisotopic (exact) mass is 214 g/mol. The lowest BCUT2D eigenvalue weighted by Gasteiger charge is -2.38. The summed E-state index contributed by atoms with van der Waals surface area (Å²) in [5, 5.41) is 3.69. The quantitative estimate of drug-likeness (QED) is 0.762. The third-order valence-corrected chi connectivity index (χ3v) is 4.48. The van der Waals surface area contributed by atoms with Gasteiger partial charge < -0.3 is 10.2 Å². The molecule has 2 atom stereocenters. The molecule has 1 aliphatic carbocycles. The number of likely N-dealkylation sites (N-methyl/N-ethyl adjacent to an activating group) is 2. The fourth-order valence-electron chi connectivity index (χ4n) is 2.39. The standard InChI is InChI=1S/C11H22N2S/c1-3-12-11(9-4-5-9)10-8-14-7-6-13(10)2/h9-12H,3-8H2,1-2H3. The van der Waals surface area contributed by atoms with Gasteiger partial charge in [-0.3, -0.25) is 0 Å². The molecule has 1 saturated heterocycles. The Kier molecular flexibility index (Phi) is 3.74. The molecule has 2 aliphatic rings. The Morgan fingerprint density at radius 2 is 2.29 bits per heavy atom. The van der Waals surface area contributed by atoms with Crippen molar-refractivity contribution in [1.29, 1.82) is 0 Å². The highest BCUT2D eigenvalue weighted by atomic mass is 32.2. The molecular formula is C11H22N2S. The summed E-state index contributed by atoms with van der Waals surface area (Å²) < 4.78 is 0. The minimum Gasteiger partial charge on any atom is -0.312 e. The first-order valence-electron chi connectivity index (χ1n) is 5.84. The van der Waals surface area contributed by atoms with Crippen LogP contribution in [0, 0.1) is 5.92 Å². The van der Waals surface area contributed by atoms with Crippen molar-refractivity contribution in [2.24, 2.45) is 5.92 Å². The van der Waals surface area contributed by atoms with Crippen molar-refractivity contribution in [2.45, 2.75) is 31.8 Å². The summed E-state index contributed by atoms with van der Waals surface area (Å²) in [6, 6.07) is 1.54. The van der Waals surface area contributed by atoms with Crippen LogP contribution in [0.3, 0.4) is 0 Å². The molecule has 0 aromatic carbocycles. The third-order valence-electron chi connectivity index (χ3n) is 3.43. The van der Waals surface area contributed by atoms with Crippen LogP contribution in [0.5, 0.6) is 0 Å². The molecule has 1 N–H and O–H groups in total. The number of thioether (sulfide) groups is 1. The van der Waals surface area contributed by atoms with E-state index in [-0.39, 0.29) is 0 Å².